The van der Waals surface area contributed by atoms with Gasteiger partial charge in [0.05, 0.1) is 24.4 Å². The first-order chi connectivity index (χ1) is 14.0. The second kappa shape index (κ2) is 6.45. The van der Waals surface area contributed by atoms with Crippen LogP contribution in [0, 0.1) is 0 Å². The molecule has 0 fully saturated rings. The first-order valence-corrected chi connectivity index (χ1v) is 7.33. The molecule has 124 valence electrons. The van der Waals surface area contributed by atoms with E-state index in [-0.39, 0.29) is 5.69 Å². The fourth-order valence-electron chi connectivity index (χ4n) is 2.42. The molecule has 3 rings (SSSR count). The zero-order valence-electron chi connectivity index (χ0n) is 18.8. The van der Waals surface area contributed by atoms with Gasteiger partial charge in [-0.25, -0.2) is 4.79 Å². The Morgan fingerprint density at radius 1 is 1.21 bits per heavy atom. The zero-order valence-corrected chi connectivity index (χ0v) is 12.8. The standard InChI is InChI=1S/C19H20N2O3/c1-19(2,18(22)23)24-13-16-15-10-6-7-11-17(15)21(20-16)12-14-8-4-3-5-9-14/h3-11H,12-13H2,1-2H3,(H,22,23)/i1D3,2D3. The minimum Gasteiger partial charge on any atom is -0.479 e. The summed E-state index contributed by atoms with van der Waals surface area (Å²) in [5.74, 6) is -2.07. The van der Waals surface area contributed by atoms with E-state index in [1.807, 2.05) is 42.5 Å². The second-order valence-electron chi connectivity index (χ2n) is 5.38. The highest BCUT2D eigenvalue weighted by Gasteiger charge is 2.28. The van der Waals surface area contributed by atoms with E-state index in [0.29, 0.717) is 11.9 Å². The number of ether oxygens (including phenoxy) is 1. The van der Waals surface area contributed by atoms with Crippen molar-refractivity contribution in [1.82, 2.24) is 9.78 Å². The number of aliphatic carboxylic acids is 1. The third-order valence-electron chi connectivity index (χ3n) is 3.64. The molecule has 0 bridgehead atoms. The number of para-hydroxylation sites is 1. The number of nitrogens with zero attached hydrogens (tertiary/aromatic N) is 2. The Hall–Kier alpha value is -2.66. The Kier molecular flexibility index (Phi) is 2.76. The van der Waals surface area contributed by atoms with Crippen LogP contribution in [-0.4, -0.2) is 26.5 Å². The van der Waals surface area contributed by atoms with Crippen LogP contribution < -0.4 is 0 Å². The molecule has 2 aromatic carbocycles. The van der Waals surface area contributed by atoms with E-state index in [4.69, 9.17) is 13.0 Å². The van der Waals surface area contributed by atoms with E-state index in [1.165, 1.54) is 0 Å². The van der Waals surface area contributed by atoms with Crippen LogP contribution in [0.4, 0.5) is 0 Å². The average molecular weight is 330 g/mol. The lowest BCUT2D eigenvalue weighted by Gasteiger charge is -2.19. The summed E-state index contributed by atoms with van der Waals surface area (Å²) in [4.78, 5) is 11.8. The van der Waals surface area contributed by atoms with Crippen molar-refractivity contribution < 1.29 is 22.9 Å². The van der Waals surface area contributed by atoms with Crippen LogP contribution in [0.3, 0.4) is 0 Å². The highest BCUT2D eigenvalue weighted by molar-refractivity contribution is 5.82. The van der Waals surface area contributed by atoms with Crippen LogP contribution >= 0.6 is 0 Å². The molecule has 0 aliphatic carbocycles. The predicted octanol–water partition coefficient (Wildman–Crippen LogP) is 3.46. The molecule has 1 N–H and O–H groups in total. The molecule has 0 atom stereocenters. The second-order valence-corrected chi connectivity index (χ2v) is 5.38. The summed E-state index contributed by atoms with van der Waals surface area (Å²) < 4.78 is 52.1. The lowest BCUT2D eigenvalue weighted by Crippen LogP contribution is -2.34. The van der Waals surface area contributed by atoms with Gasteiger partial charge in [0, 0.05) is 13.6 Å². The van der Waals surface area contributed by atoms with Crippen molar-refractivity contribution in [3.8, 4) is 0 Å². The van der Waals surface area contributed by atoms with E-state index in [0.717, 1.165) is 11.1 Å². The quantitative estimate of drug-likeness (QED) is 0.752. The van der Waals surface area contributed by atoms with Crippen LogP contribution in [0.15, 0.2) is 54.6 Å². The summed E-state index contributed by atoms with van der Waals surface area (Å²) in [5, 5.41) is 14.6. The summed E-state index contributed by atoms with van der Waals surface area (Å²) in [7, 11) is 0. The van der Waals surface area contributed by atoms with Crippen molar-refractivity contribution >= 4 is 16.9 Å². The predicted molar refractivity (Wildman–Crippen MR) is 91.8 cm³/mol. The topological polar surface area (TPSA) is 64.4 Å². The molecule has 0 unspecified atom stereocenters. The molecule has 3 aromatic rings. The number of carboxylic acid groups (broad SMARTS) is 1. The fourth-order valence-corrected chi connectivity index (χ4v) is 2.42. The van der Waals surface area contributed by atoms with Crippen LogP contribution in [0.25, 0.3) is 10.9 Å². The minimum absolute atomic E-state index is 0.251. The van der Waals surface area contributed by atoms with Gasteiger partial charge in [0.1, 0.15) is 0 Å². The van der Waals surface area contributed by atoms with E-state index >= 15 is 0 Å². The smallest absolute Gasteiger partial charge is 0.335 e. The molecule has 0 amide bonds. The maximum Gasteiger partial charge on any atom is 0.335 e. The van der Waals surface area contributed by atoms with E-state index < -0.39 is 31.9 Å². The summed E-state index contributed by atoms with van der Waals surface area (Å²) in [5.41, 5.74) is -1.42. The number of carboxylic acids is 1. The third-order valence-corrected chi connectivity index (χ3v) is 3.64. The summed E-state index contributed by atoms with van der Waals surface area (Å²) in [6, 6.07) is 16.6. The Labute approximate surface area is 148 Å². The van der Waals surface area contributed by atoms with Crippen molar-refractivity contribution in [2.45, 2.75) is 32.5 Å². The van der Waals surface area contributed by atoms with Gasteiger partial charge in [-0.3, -0.25) is 4.68 Å². The Balaban J connectivity index is 2.00. The lowest BCUT2D eigenvalue weighted by atomic mass is 10.1. The number of rotatable bonds is 6. The maximum atomic E-state index is 11.8. The SMILES string of the molecule is [2H]C([2H])([2H])C(OCc1nn(Cc2ccccc2)c2ccccc12)(C(=O)O)C([2H])([2H])[2H]. The van der Waals surface area contributed by atoms with Crippen LogP contribution in [-0.2, 0) is 22.7 Å². The Morgan fingerprint density at radius 3 is 2.62 bits per heavy atom. The molecule has 5 heteroatoms. The van der Waals surface area contributed by atoms with Gasteiger partial charge in [-0.1, -0.05) is 48.5 Å². The van der Waals surface area contributed by atoms with Crippen LogP contribution in [0.5, 0.6) is 0 Å². The number of hydrogen-bond acceptors (Lipinski definition) is 3. The number of benzene rings is 2. The molecule has 0 saturated carbocycles. The summed E-state index contributed by atoms with van der Waals surface area (Å²) in [6.45, 7) is -7.02. The molecule has 0 saturated heterocycles. The van der Waals surface area contributed by atoms with Gasteiger partial charge in [0.25, 0.3) is 0 Å². The molecule has 0 aliphatic heterocycles. The zero-order chi connectivity index (χ0) is 22.2. The largest absolute Gasteiger partial charge is 0.479 e. The van der Waals surface area contributed by atoms with Gasteiger partial charge in [0.2, 0.25) is 0 Å². The monoisotopic (exact) mass is 330 g/mol. The minimum atomic E-state index is -3.42. The average Bonchev–Trinajstić information content (AvgIpc) is 2.98. The molecular formula is C19H20N2O3. The van der Waals surface area contributed by atoms with Crippen molar-refractivity contribution in [2.24, 2.45) is 0 Å². The van der Waals surface area contributed by atoms with Gasteiger partial charge in [-0.2, -0.15) is 5.10 Å². The highest BCUT2D eigenvalue weighted by Crippen LogP contribution is 2.22. The van der Waals surface area contributed by atoms with Gasteiger partial charge in [0.15, 0.2) is 5.60 Å². The van der Waals surface area contributed by atoms with Gasteiger partial charge < -0.3 is 9.84 Å². The summed E-state index contributed by atoms with van der Waals surface area (Å²) >= 11 is 0. The molecule has 1 heterocycles. The van der Waals surface area contributed by atoms with Crippen molar-refractivity contribution in [3.63, 3.8) is 0 Å². The first-order valence-electron chi connectivity index (χ1n) is 10.3. The lowest BCUT2D eigenvalue weighted by molar-refractivity contribution is -0.162. The number of aromatic nitrogens is 2. The molecule has 1 aromatic heterocycles. The van der Waals surface area contributed by atoms with Crippen molar-refractivity contribution in [2.75, 3.05) is 0 Å². The van der Waals surface area contributed by atoms with Crippen molar-refractivity contribution in [3.05, 3.63) is 65.9 Å². The first kappa shape index (κ1) is 10.3. The number of hydrogen-bond donors (Lipinski definition) is 1. The van der Waals surface area contributed by atoms with Gasteiger partial charge in [-0.15, -0.1) is 0 Å². The van der Waals surface area contributed by atoms with Gasteiger partial charge in [-0.05, 0) is 25.3 Å². The fraction of sp³-hybridized carbons (Fsp3) is 0.263. The highest BCUT2D eigenvalue weighted by atomic mass is 16.5. The normalized spacial score (nSPS) is 16.5. The van der Waals surface area contributed by atoms with Crippen LogP contribution in [0.2, 0.25) is 0 Å². The molecule has 0 aliphatic rings. The van der Waals surface area contributed by atoms with Crippen LogP contribution in [0.1, 0.15) is 33.2 Å². The third kappa shape index (κ3) is 3.31. The molecule has 5 nitrogen and oxygen atoms in total. The number of fused-ring (bicyclic) bond motifs is 1. The maximum absolute atomic E-state index is 11.8. The number of carbonyl (C=O) groups is 1. The summed E-state index contributed by atoms with van der Waals surface area (Å²) in [6.07, 6.45) is 0. The van der Waals surface area contributed by atoms with E-state index in [2.05, 4.69) is 5.10 Å². The molecule has 0 spiro atoms. The van der Waals surface area contributed by atoms with Gasteiger partial charge >= 0.3 is 5.97 Å². The van der Waals surface area contributed by atoms with E-state index in [9.17, 15) is 9.90 Å². The molecule has 24 heavy (non-hydrogen) atoms. The molecular weight excluding hydrogens is 304 g/mol. The molecule has 0 radical (unpaired) electrons. The van der Waals surface area contributed by atoms with Crippen molar-refractivity contribution in [1.29, 1.82) is 0 Å². The Bertz CT molecular complexity index is 1030. The van der Waals surface area contributed by atoms with E-state index in [1.54, 1.807) is 16.8 Å². The Morgan fingerprint density at radius 2 is 1.92 bits per heavy atom.